The van der Waals surface area contributed by atoms with Crippen LogP contribution in [0.3, 0.4) is 0 Å². The van der Waals surface area contributed by atoms with Gasteiger partial charge in [0.25, 0.3) is 0 Å². The Morgan fingerprint density at radius 2 is 2.00 bits per heavy atom. The highest BCUT2D eigenvalue weighted by Gasteiger charge is 2.40. The summed E-state index contributed by atoms with van der Waals surface area (Å²) in [5.41, 5.74) is 0.599. The average molecular weight is 324 g/mol. The number of hydrogen-bond donors (Lipinski definition) is 1. The third-order valence-electron chi connectivity index (χ3n) is 5.08. The lowest BCUT2D eigenvalue weighted by Crippen LogP contribution is -2.20. The van der Waals surface area contributed by atoms with Gasteiger partial charge in [-0.2, -0.15) is 0 Å². The first-order valence-corrected chi connectivity index (χ1v) is 8.20. The minimum atomic E-state index is 0.0390. The molecule has 2 aliphatic rings. The van der Waals surface area contributed by atoms with E-state index in [1.165, 1.54) is 25.7 Å². The molecule has 5 heteroatoms. The van der Waals surface area contributed by atoms with Crippen molar-refractivity contribution in [3.8, 4) is 11.5 Å². The number of amides is 1. The van der Waals surface area contributed by atoms with Crippen molar-refractivity contribution in [1.82, 2.24) is 0 Å². The second kappa shape index (κ2) is 6.37. The highest BCUT2D eigenvalue weighted by atomic mass is 35.5. The summed E-state index contributed by atoms with van der Waals surface area (Å²) in [5, 5.41) is 3.39. The summed E-state index contributed by atoms with van der Waals surface area (Å²) in [7, 11) is 3.11. The zero-order chi connectivity index (χ0) is 15.7. The molecule has 3 atom stereocenters. The summed E-state index contributed by atoms with van der Waals surface area (Å²) in [4.78, 5) is 12.3. The van der Waals surface area contributed by atoms with Gasteiger partial charge in [0.1, 0.15) is 11.5 Å². The first-order chi connectivity index (χ1) is 10.6. The Labute approximate surface area is 136 Å². The molecule has 4 nitrogen and oxygen atoms in total. The summed E-state index contributed by atoms with van der Waals surface area (Å²) < 4.78 is 10.5. The maximum atomic E-state index is 12.3. The summed E-state index contributed by atoms with van der Waals surface area (Å²) in [6.07, 6.45) is 5.76. The topological polar surface area (TPSA) is 47.6 Å². The van der Waals surface area contributed by atoms with Crippen LogP contribution in [0.5, 0.6) is 11.5 Å². The van der Waals surface area contributed by atoms with E-state index in [4.69, 9.17) is 21.1 Å². The van der Waals surface area contributed by atoms with E-state index in [1.807, 2.05) is 0 Å². The Morgan fingerprint density at radius 3 is 2.59 bits per heavy atom. The van der Waals surface area contributed by atoms with E-state index in [1.54, 1.807) is 26.4 Å². The van der Waals surface area contributed by atoms with Gasteiger partial charge in [0, 0.05) is 12.5 Å². The van der Waals surface area contributed by atoms with Crippen molar-refractivity contribution in [2.75, 3.05) is 19.5 Å². The summed E-state index contributed by atoms with van der Waals surface area (Å²) >= 11 is 6.13. The number of halogens is 1. The van der Waals surface area contributed by atoms with Gasteiger partial charge in [-0.05, 0) is 43.1 Å². The molecule has 0 spiro atoms. The molecule has 3 rings (SSSR count). The van der Waals surface area contributed by atoms with Crippen LogP contribution in [0.4, 0.5) is 5.69 Å². The zero-order valence-electron chi connectivity index (χ0n) is 13.0. The third-order valence-corrected chi connectivity index (χ3v) is 5.38. The number of carbonyl (C=O) groups is 1. The van der Waals surface area contributed by atoms with Crippen LogP contribution in [0.1, 0.15) is 32.1 Å². The molecule has 0 radical (unpaired) electrons. The zero-order valence-corrected chi connectivity index (χ0v) is 13.8. The fourth-order valence-electron chi connectivity index (χ4n) is 4.02. The van der Waals surface area contributed by atoms with Gasteiger partial charge >= 0.3 is 0 Å². The molecule has 2 fully saturated rings. The Morgan fingerprint density at radius 1 is 1.23 bits per heavy atom. The van der Waals surface area contributed by atoms with Crippen molar-refractivity contribution >= 4 is 23.2 Å². The molecule has 0 heterocycles. The van der Waals surface area contributed by atoms with Crippen molar-refractivity contribution in [3.05, 3.63) is 17.2 Å². The van der Waals surface area contributed by atoms with Gasteiger partial charge in [-0.15, -0.1) is 0 Å². The molecule has 0 aliphatic heterocycles. The quantitative estimate of drug-likeness (QED) is 0.886. The predicted molar refractivity (Wildman–Crippen MR) is 86.7 cm³/mol. The fraction of sp³-hybridized carbons (Fsp3) is 0.588. The van der Waals surface area contributed by atoms with E-state index in [0.29, 0.717) is 34.5 Å². The van der Waals surface area contributed by atoms with Gasteiger partial charge in [-0.25, -0.2) is 0 Å². The second-order valence-electron chi connectivity index (χ2n) is 6.37. The molecule has 2 aliphatic carbocycles. The molecule has 2 saturated carbocycles. The number of hydrogen-bond acceptors (Lipinski definition) is 3. The number of methoxy groups -OCH3 is 2. The minimum Gasteiger partial charge on any atom is -0.495 e. The normalized spacial score (nSPS) is 26.0. The van der Waals surface area contributed by atoms with Crippen molar-refractivity contribution in [2.24, 2.45) is 17.8 Å². The molecule has 1 amide bonds. The summed E-state index contributed by atoms with van der Waals surface area (Å²) in [6, 6.07) is 3.37. The predicted octanol–water partition coefficient (Wildman–Crippen LogP) is 4.12. The molecule has 120 valence electrons. The van der Waals surface area contributed by atoms with Crippen LogP contribution < -0.4 is 14.8 Å². The molecule has 2 bridgehead atoms. The summed E-state index contributed by atoms with van der Waals surface area (Å²) in [5.74, 6) is 3.27. The molecule has 1 aromatic carbocycles. The molecule has 1 aromatic rings. The molecule has 0 unspecified atom stereocenters. The standard InChI is InChI=1S/C17H22ClNO3/c1-21-15-9-16(22-2)14(8-13(15)18)19-17(20)7-12-6-10-3-4-11(12)5-10/h8-12H,3-7H2,1-2H3,(H,19,20)/t10-,11+,12+/m0/s1. The van der Waals surface area contributed by atoms with E-state index in [2.05, 4.69) is 5.32 Å². The monoisotopic (exact) mass is 323 g/mol. The molecular formula is C17H22ClNO3. The number of anilines is 1. The Hall–Kier alpha value is -1.42. The lowest BCUT2D eigenvalue weighted by atomic mass is 9.86. The Bertz CT molecular complexity index is 575. The maximum absolute atomic E-state index is 12.3. The van der Waals surface area contributed by atoms with Gasteiger partial charge in [0.2, 0.25) is 5.91 Å². The fourth-order valence-corrected chi connectivity index (χ4v) is 4.26. The van der Waals surface area contributed by atoms with Crippen LogP contribution in [0.25, 0.3) is 0 Å². The van der Waals surface area contributed by atoms with Gasteiger partial charge < -0.3 is 14.8 Å². The average Bonchev–Trinajstić information content (AvgIpc) is 3.10. The lowest BCUT2D eigenvalue weighted by molar-refractivity contribution is -0.117. The SMILES string of the molecule is COc1cc(OC)c(NC(=O)C[C@H]2C[C@H]3CC[C@@H]2C3)cc1Cl. The second-order valence-corrected chi connectivity index (χ2v) is 6.78. The number of benzene rings is 1. The van der Waals surface area contributed by atoms with Crippen LogP contribution in [0, 0.1) is 17.8 Å². The van der Waals surface area contributed by atoms with E-state index in [-0.39, 0.29) is 5.91 Å². The molecule has 0 saturated heterocycles. The summed E-state index contributed by atoms with van der Waals surface area (Å²) in [6.45, 7) is 0. The number of carbonyl (C=O) groups excluding carboxylic acids is 1. The van der Waals surface area contributed by atoms with E-state index < -0.39 is 0 Å². The van der Waals surface area contributed by atoms with Crippen LogP contribution in [0.15, 0.2) is 12.1 Å². The molecule has 22 heavy (non-hydrogen) atoms. The number of rotatable bonds is 5. The van der Waals surface area contributed by atoms with Gasteiger partial charge in [0.05, 0.1) is 24.9 Å². The third kappa shape index (κ3) is 3.02. The van der Waals surface area contributed by atoms with Crippen molar-refractivity contribution in [2.45, 2.75) is 32.1 Å². The van der Waals surface area contributed by atoms with Crippen LogP contribution in [-0.4, -0.2) is 20.1 Å². The van der Waals surface area contributed by atoms with Crippen LogP contribution >= 0.6 is 11.6 Å². The molecule has 0 aromatic heterocycles. The van der Waals surface area contributed by atoms with Gasteiger partial charge in [-0.1, -0.05) is 18.0 Å². The van der Waals surface area contributed by atoms with E-state index in [9.17, 15) is 4.79 Å². The van der Waals surface area contributed by atoms with E-state index >= 15 is 0 Å². The van der Waals surface area contributed by atoms with Crippen molar-refractivity contribution in [3.63, 3.8) is 0 Å². The molecular weight excluding hydrogens is 302 g/mol. The largest absolute Gasteiger partial charge is 0.495 e. The Kier molecular flexibility index (Phi) is 4.48. The van der Waals surface area contributed by atoms with E-state index in [0.717, 1.165) is 11.8 Å². The minimum absolute atomic E-state index is 0.0390. The number of fused-ring (bicyclic) bond motifs is 2. The van der Waals surface area contributed by atoms with Crippen LogP contribution in [-0.2, 0) is 4.79 Å². The number of ether oxygens (including phenoxy) is 2. The highest BCUT2D eigenvalue weighted by molar-refractivity contribution is 6.32. The smallest absolute Gasteiger partial charge is 0.224 e. The van der Waals surface area contributed by atoms with Crippen molar-refractivity contribution < 1.29 is 14.3 Å². The lowest BCUT2D eigenvalue weighted by Gasteiger charge is -2.21. The van der Waals surface area contributed by atoms with Gasteiger partial charge in [-0.3, -0.25) is 4.79 Å². The Balaban J connectivity index is 1.67. The number of nitrogens with one attached hydrogen (secondary N) is 1. The molecule has 1 N–H and O–H groups in total. The highest BCUT2D eigenvalue weighted by Crippen LogP contribution is 2.49. The first-order valence-electron chi connectivity index (χ1n) is 7.82. The first kappa shape index (κ1) is 15.5. The maximum Gasteiger partial charge on any atom is 0.224 e. The van der Waals surface area contributed by atoms with Gasteiger partial charge in [0.15, 0.2) is 0 Å². The van der Waals surface area contributed by atoms with Crippen LogP contribution in [0.2, 0.25) is 5.02 Å². The van der Waals surface area contributed by atoms with Crippen molar-refractivity contribution in [1.29, 1.82) is 0 Å².